The standard InChI is InChI=1S/C11H9N3O5S/c15-9(5-8-10(16)13-11(17)20-8)12-6-1-3-7(4-2-6)14(18)19/h1-4,8H,5H2,(H,12,15)(H,13,16,17)/t8-/m0/s1. The van der Waals surface area contributed by atoms with Crippen molar-refractivity contribution in [2.75, 3.05) is 5.32 Å². The summed E-state index contributed by atoms with van der Waals surface area (Å²) in [7, 11) is 0. The molecule has 1 aromatic rings. The van der Waals surface area contributed by atoms with Gasteiger partial charge in [-0.1, -0.05) is 11.8 Å². The minimum absolute atomic E-state index is 0.0840. The van der Waals surface area contributed by atoms with E-state index in [1.54, 1.807) is 0 Å². The number of benzene rings is 1. The van der Waals surface area contributed by atoms with E-state index in [1.807, 2.05) is 0 Å². The molecule has 0 saturated carbocycles. The number of nitrogens with one attached hydrogen (secondary N) is 2. The van der Waals surface area contributed by atoms with Crippen molar-refractivity contribution in [2.24, 2.45) is 0 Å². The first-order chi connectivity index (χ1) is 9.45. The lowest BCUT2D eigenvalue weighted by atomic mass is 10.2. The Balaban J connectivity index is 1.93. The zero-order valence-electron chi connectivity index (χ0n) is 9.99. The van der Waals surface area contributed by atoms with E-state index in [0.717, 1.165) is 11.8 Å². The highest BCUT2D eigenvalue weighted by Crippen LogP contribution is 2.22. The molecular weight excluding hydrogens is 286 g/mol. The summed E-state index contributed by atoms with van der Waals surface area (Å²) in [5.41, 5.74) is 0.301. The molecule has 20 heavy (non-hydrogen) atoms. The number of imide groups is 1. The van der Waals surface area contributed by atoms with Gasteiger partial charge in [0.25, 0.3) is 10.9 Å². The van der Waals surface area contributed by atoms with Crippen LogP contribution in [0.25, 0.3) is 0 Å². The summed E-state index contributed by atoms with van der Waals surface area (Å²) in [6, 6.07) is 5.30. The number of nitro groups is 1. The SMILES string of the molecule is O=C(C[C@@H]1SC(=O)NC1=O)Nc1ccc([N+](=O)[O-])cc1. The number of hydrogen-bond donors (Lipinski definition) is 2. The topological polar surface area (TPSA) is 118 Å². The van der Waals surface area contributed by atoms with Crippen LogP contribution >= 0.6 is 11.8 Å². The molecule has 0 unspecified atom stereocenters. The number of anilines is 1. The van der Waals surface area contributed by atoms with Crippen LogP contribution < -0.4 is 10.6 Å². The summed E-state index contributed by atoms with van der Waals surface area (Å²) in [5, 5.41) is 13.9. The van der Waals surface area contributed by atoms with Crippen molar-refractivity contribution in [2.45, 2.75) is 11.7 Å². The van der Waals surface area contributed by atoms with Crippen LogP contribution in [0.4, 0.5) is 16.2 Å². The number of amides is 3. The molecule has 2 N–H and O–H groups in total. The number of hydrogen-bond acceptors (Lipinski definition) is 6. The number of nitrogens with zero attached hydrogens (tertiary/aromatic N) is 1. The van der Waals surface area contributed by atoms with Gasteiger partial charge >= 0.3 is 0 Å². The molecule has 9 heteroatoms. The lowest BCUT2D eigenvalue weighted by Gasteiger charge is -2.06. The lowest BCUT2D eigenvalue weighted by molar-refractivity contribution is -0.384. The third-order valence-corrected chi connectivity index (χ3v) is 3.48. The van der Waals surface area contributed by atoms with E-state index in [-0.39, 0.29) is 12.1 Å². The molecule has 1 atom stereocenters. The van der Waals surface area contributed by atoms with E-state index in [2.05, 4.69) is 10.6 Å². The van der Waals surface area contributed by atoms with Gasteiger partial charge in [0, 0.05) is 24.2 Å². The van der Waals surface area contributed by atoms with E-state index < -0.39 is 27.2 Å². The van der Waals surface area contributed by atoms with Gasteiger partial charge in [0.05, 0.1) is 4.92 Å². The maximum atomic E-state index is 11.7. The average Bonchev–Trinajstić information content (AvgIpc) is 2.68. The summed E-state index contributed by atoms with van der Waals surface area (Å²) in [6.45, 7) is 0. The highest BCUT2D eigenvalue weighted by atomic mass is 32.2. The Labute approximate surface area is 117 Å². The van der Waals surface area contributed by atoms with Gasteiger partial charge in [-0.05, 0) is 12.1 Å². The smallest absolute Gasteiger partial charge is 0.286 e. The van der Waals surface area contributed by atoms with Gasteiger partial charge in [0.15, 0.2) is 0 Å². The Kier molecular flexibility index (Phi) is 3.99. The largest absolute Gasteiger partial charge is 0.326 e. The Hall–Kier alpha value is -2.42. The molecular formula is C11H9N3O5S. The van der Waals surface area contributed by atoms with Gasteiger partial charge in [0.1, 0.15) is 5.25 Å². The van der Waals surface area contributed by atoms with Crippen molar-refractivity contribution in [3.05, 3.63) is 34.4 Å². The van der Waals surface area contributed by atoms with Crippen LogP contribution in [0.3, 0.4) is 0 Å². The predicted molar refractivity (Wildman–Crippen MR) is 71.3 cm³/mol. The number of nitro benzene ring substituents is 1. The number of rotatable bonds is 4. The fourth-order valence-electron chi connectivity index (χ4n) is 1.57. The minimum atomic E-state index is -0.736. The van der Waals surface area contributed by atoms with Crippen LogP contribution in [0.5, 0.6) is 0 Å². The first-order valence-corrected chi connectivity index (χ1v) is 6.39. The van der Waals surface area contributed by atoms with Crippen molar-refractivity contribution in [1.82, 2.24) is 5.32 Å². The molecule has 0 aliphatic carbocycles. The van der Waals surface area contributed by atoms with Crippen LogP contribution in [0.1, 0.15) is 6.42 Å². The summed E-state index contributed by atoms with van der Waals surface area (Å²) >= 11 is 0.769. The van der Waals surface area contributed by atoms with Crippen molar-refractivity contribution in [3.8, 4) is 0 Å². The second kappa shape index (κ2) is 5.70. The van der Waals surface area contributed by atoms with Crippen molar-refractivity contribution in [3.63, 3.8) is 0 Å². The van der Waals surface area contributed by atoms with Gasteiger partial charge in [-0.25, -0.2) is 0 Å². The molecule has 0 aromatic heterocycles. The van der Waals surface area contributed by atoms with Gasteiger partial charge in [0.2, 0.25) is 11.8 Å². The predicted octanol–water partition coefficient (Wildman–Crippen LogP) is 1.27. The quantitative estimate of drug-likeness (QED) is 0.638. The molecule has 1 aromatic carbocycles. The molecule has 1 heterocycles. The monoisotopic (exact) mass is 295 g/mol. The Morgan fingerprint density at radius 3 is 2.50 bits per heavy atom. The van der Waals surface area contributed by atoms with E-state index >= 15 is 0 Å². The number of thioether (sulfide) groups is 1. The highest BCUT2D eigenvalue weighted by Gasteiger charge is 2.33. The van der Waals surface area contributed by atoms with Crippen molar-refractivity contribution in [1.29, 1.82) is 0 Å². The zero-order valence-corrected chi connectivity index (χ0v) is 10.8. The third kappa shape index (κ3) is 3.32. The maximum Gasteiger partial charge on any atom is 0.286 e. The average molecular weight is 295 g/mol. The molecule has 0 spiro atoms. The molecule has 1 saturated heterocycles. The normalized spacial score (nSPS) is 17.7. The van der Waals surface area contributed by atoms with Gasteiger partial charge in [-0.2, -0.15) is 0 Å². The van der Waals surface area contributed by atoms with Gasteiger partial charge < -0.3 is 5.32 Å². The fourth-order valence-corrected chi connectivity index (χ4v) is 2.39. The summed E-state index contributed by atoms with van der Waals surface area (Å²) in [4.78, 5) is 43.8. The van der Waals surface area contributed by atoms with Crippen LogP contribution in [-0.4, -0.2) is 27.2 Å². The molecule has 3 amide bonds. The van der Waals surface area contributed by atoms with Crippen molar-refractivity contribution < 1.29 is 19.3 Å². The third-order valence-electron chi connectivity index (χ3n) is 2.50. The summed E-state index contributed by atoms with van der Waals surface area (Å²) < 4.78 is 0. The van der Waals surface area contributed by atoms with Crippen LogP contribution in [0.15, 0.2) is 24.3 Å². The maximum absolute atomic E-state index is 11.7. The van der Waals surface area contributed by atoms with Crippen LogP contribution in [0.2, 0.25) is 0 Å². The Bertz CT molecular complexity index is 586. The second-order valence-corrected chi connectivity index (χ2v) is 5.12. The number of carbonyl (C=O) groups excluding carboxylic acids is 3. The molecule has 1 aliphatic heterocycles. The first kappa shape index (κ1) is 14.0. The van der Waals surface area contributed by atoms with Crippen LogP contribution in [-0.2, 0) is 9.59 Å². The van der Waals surface area contributed by atoms with Gasteiger partial charge in [-0.15, -0.1) is 0 Å². The molecule has 0 radical (unpaired) electrons. The Morgan fingerprint density at radius 2 is 2.00 bits per heavy atom. The van der Waals surface area contributed by atoms with Gasteiger partial charge in [-0.3, -0.25) is 29.8 Å². The number of carbonyl (C=O) groups is 3. The van der Waals surface area contributed by atoms with Crippen molar-refractivity contribution >= 4 is 40.2 Å². The zero-order chi connectivity index (χ0) is 14.7. The Morgan fingerprint density at radius 1 is 1.35 bits per heavy atom. The van der Waals surface area contributed by atoms with E-state index in [4.69, 9.17) is 0 Å². The summed E-state index contributed by atoms with van der Waals surface area (Å²) in [6.07, 6.45) is -0.140. The van der Waals surface area contributed by atoms with E-state index in [1.165, 1.54) is 24.3 Å². The minimum Gasteiger partial charge on any atom is -0.326 e. The highest BCUT2D eigenvalue weighted by molar-refractivity contribution is 8.15. The van der Waals surface area contributed by atoms with E-state index in [0.29, 0.717) is 5.69 Å². The van der Waals surface area contributed by atoms with E-state index in [9.17, 15) is 24.5 Å². The first-order valence-electron chi connectivity index (χ1n) is 5.51. The molecule has 104 valence electrons. The molecule has 8 nitrogen and oxygen atoms in total. The summed E-state index contributed by atoms with van der Waals surface area (Å²) in [5.74, 6) is -0.931. The molecule has 0 bridgehead atoms. The number of non-ortho nitro benzene ring substituents is 1. The second-order valence-electron chi connectivity index (χ2n) is 3.94. The fraction of sp³-hybridized carbons (Fsp3) is 0.182. The molecule has 2 rings (SSSR count). The van der Waals surface area contributed by atoms with Crippen LogP contribution in [0, 0.1) is 10.1 Å². The molecule has 1 fully saturated rings. The molecule has 1 aliphatic rings. The lowest BCUT2D eigenvalue weighted by Crippen LogP contribution is -2.27.